The minimum atomic E-state index is -0.0723. The van der Waals surface area contributed by atoms with E-state index in [-0.39, 0.29) is 11.7 Å². The van der Waals surface area contributed by atoms with Crippen LogP contribution >= 0.6 is 12.2 Å². The highest BCUT2D eigenvalue weighted by Gasteiger charge is 2.22. The molecule has 4 rings (SSSR count). The lowest BCUT2D eigenvalue weighted by molar-refractivity contribution is 0.0904. The molecule has 1 unspecified atom stereocenters. The largest absolute Gasteiger partial charge is 0.376 e. The highest BCUT2D eigenvalue weighted by Crippen LogP contribution is 2.21. The minimum absolute atomic E-state index is 0.0723. The number of rotatable bonds is 5. The molecule has 3 aromatic rings. The zero-order valence-electron chi connectivity index (χ0n) is 18.3. The number of pyridine rings is 1. The van der Waals surface area contributed by atoms with Crippen molar-refractivity contribution in [1.82, 2.24) is 9.88 Å². The Kier molecular flexibility index (Phi) is 6.39. The van der Waals surface area contributed by atoms with Crippen LogP contribution in [0.1, 0.15) is 35.1 Å². The van der Waals surface area contributed by atoms with Gasteiger partial charge in [0.25, 0.3) is 5.56 Å². The summed E-state index contributed by atoms with van der Waals surface area (Å²) in [6, 6.07) is 14.3. The molecule has 0 spiro atoms. The van der Waals surface area contributed by atoms with E-state index in [1.54, 1.807) is 0 Å². The first kappa shape index (κ1) is 21.5. The van der Waals surface area contributed by atoms with E-state index in [0.717, 1.165) is 52.7 Å². The average molecular weight is 436 g/mol. The van der Waals surface area contributed by atoms with Gasteiger partial charge in [-0.25, -0.2) is 0 Å². The summed E-state index contributed by atoms with van der Waals surface area (Å²) in [5.74, 6) is 0. The summed E-state index contributed by atoms with van der Waals surface area (Å²) < 4.78 is 5.86. The van der Waals surface area contributed by atoms with Crippen molar-refractivity contribution in [3.8, 4) is 0 Å². The number of H-pyrrole nitrogens is 1. The molecule has 5 nitrogen and oxygen atoms in total. The van der Waals surface area contributed by atoms with Crippen molar-refractivity contribution in [3.05, 3.63) is 75.1 Å². The third kappa shape index (κ3) is 4.97. The van der Waals surface area contributed by atoms with Crippen LogP contribution in [-0.4, -0.2) is 34.3 Å². The van der Waals surface area contributed by atoms with Crippen LogP contribution in [0.2, 0.25) is 0 Å². The Morgan fingerprint density at radius 1 is 1.19 bits per heavy atom. The van der Waals surface area contributed by atoms with Crippen molar-refractivity contribution in [2.24, 2.45) is 0 Å². The van der Waals surface area contributed by atoms with Gasteiger partial charge in [-0.1, -0.05) is 24.3 Å². The van der Waals surface area contributed by atoms with Gasteiger partial charge in [0.15, 0.2) is 5.11 Å². The number of benzene rings is 2. The van der Waals surface area contributed by atoms with Gasteiger partial charge in [0.05, 0.1) is 18.2 Å². The van der Waals surface area contributed by atoms with E-state index in [4.69, 9.17) is 17.0 Å². The molecule has 1 saturated heterocycles. The Morgan fingerprint density at radius 3 is 2.74 bits per heavy atom. The van der Waals surface area contributed by atoms with Crippen LogP contribution in [0.4, 0.5) is 5.69 Å². The maximum Gasteiger partial charge on any atom is 0.253 e. The summed E-state index contributed by atoms with van der Waals surface area (Å²) >= 11 is 5.77. The molecule has 1 aliphatic rings. The lowest BCUT2D eigenvalue weighted by atomic mass is 10.0. The molecule has 1 aliphatic heterocycles. The van der Waals surface area contributed by atoms with E-state index in [1.807, 2.05) is 31.2 Å². The first-order chi connectivity index (χ1) is 14.9. The number of aryl methyl sites for hydroxylation is 3. The molecular formula is C25H29N3O2S. The summed E-state index contributed by atoms with van der Waals surface area (Å²) in [5, 5.41) is 5.02. The van der Waals surface area contributed by atoms with Gasteiger partial charge in [-0.2, -0.15) is 0 Å². The zero-order valence-corrected chi connectivity index (χ0v) is 19.1. The lowest BCUT2D eigenvalue weighted by Crippen LogP contribution is -2.40. The fraction of sp³-hybridized carbons (Fsp3) is 0.360. The van der Waals surface area contributed by atoms with Crippen molar-refractivity contribution in [2.75, 3.05) is 18.5 Å². The van der Waals surface area contributed by atoms with Crippen LogP contribution in [-0.2, 0) is 11.3 Å². The number of aromatic amines is 1. The van der Waals surface area contributed by atoms with E-state index in [9.17, 15) is 4.79 Å². The molecule has 162 valence electrons. The lowest BCUT2D eigenvalue weighted by Gasteiger charge is -2.28. The molecule has 1 atom stereocenters. The van der Waals surface area contributed by atoms with Gasteiger partial charge in [-0.3, -0.25) is 4.79 Å². The molecule has 1 aromatic heterocycles. The summed E-state index contributed by atoms with van der Waals surface area (Å²) in [7, 11) is 0. The van der Waals surface area contributed by atoms with Crippen molar-refractivity contribution >= 4 is 33.9 Å². The molecule has 2 N–H and O–H groups in total. The van der Waals surface area contributed by atoms with Gasteiger partial charge in [0.1, 0.15) is 0 Å². The van der Waals surface area contributed by atoms with Crippen LogP contribution < -0.4 is 10.9 Å². The summed E-state index contributed by atoms with van der Waals surface area (Å²) in [6.45, 7) is 8.00. The third-order valence-electron chi connectivity index (χ3n) is 5.89. The van der Waals surface area contributed by atoms with Crippen molar-refractivity contribution < 1.29 is 4.74 Å². The van der Waals surface area contributed by atoms with Gasteiger partial charge < -0.3 is 19.9 Å². The Hall–Kier alpha value is -2.70. The molecule has 2 heterocycles. The maximum atomic E-state index is 12.9. The SMILES string of the molecule is Cc1cccc(NC(=S)N(Cc2cc3c(C)ccc(C)c3[nH]c2=O)CC2CCCO2)c1. The second kappa shape index (κ2) is 9.20. The molecule has 1 fully saturated rings. The van der Waals surface area contributed by atoms with E-state index in [0.29, 0.717) is 23.8 Å². The number of thiocarbonyl (C=S) groups is 1. The van der Waals surface area contributed by atoms with Crippen molar-refractivity contribution in [2.45, 2.75) is 46.3 Å². The molecule has 0 saturated carbocycles. The quantitative estimate of drug-likeness (QED) is 0.562. The Labute approximate surface area is 188 Å². The van der Waals surface area contributed by atoms with Crippen molar-refractivity contribution in [1.29, 1.82) is 0 Å². The average Bonchev–Trinajstić information content (AvgIpc) is 3.24. The number of hydrogen-bond donors (Lipinski definition) is 2. The highest BCUT2D eigenvalue weighted by atomic mass is 32.1. The number of hydrogen-bond acceptors (Lipinski definition) is 3. The fourth-order valence-corrected chi connectivity index (χ4v) is 4.38. The Morgan fingerprint density at radius 2 is 2.00 bits per heavy atom. The third-order valence-corrected chi connectivity index (χ3v) is 6.25. The van der Waals surface area contributed by atoms with Gasteiger partial charge in [-0.15, -0.1) is 0 Å². The van der Waals surface area contributed by atoms with Crippen LogP contribution in [0.3, 0.4) is 0 Å². The predicted octanol–water partition coefficient (Wildman–Crippen LogP) is 4.83. The molecule has 31 heavy (non-hydrogen) atoms. The number of anilines is 1. The topological polar surface area (TPSA) is 57.4 Å². The first-order valence-electron chi connectivity index (χ1n) is 10.8. The molecular weight excluding hydrogens is 406 g/mol. The standard InChI is InChI=1S/C25H29N3O2S/c1-16-6-4-7-20(12-16)26-25(31)28(15-21-8-5-11-30-21)14-19-13-22-17(2)9-10-18(3)23(22)27-24(19)29/h4,6-7,9-10,12-13,21H,5,8,11,14-15H2,1-3H3,(H,26,31)(H,27,29). The fourth-order valence-electron chi connectivity index (χ4n) is 4.12. The second-order valence-corrected chi connectivity index (χ2v) is 8.81. The van der Waals surface area contributed by atoms with Crippen LogP contribution in [0.5, 0.6) is 0 Å². The highest BCUT2D eigenvalue weighted by molar-refractivity contribution is 7.80. The maximum absolute atomic E-state index is 12.9. The zero-order chi connectivity index (χ0) is 22.0. The van der Waals surface area contributed by atoms with Crippen LogP contribution in [0, 0.1) is 20.8 Å². The summed E-state index contributed by atoms with van der Waals surface area (Å²) in [4.78, 5) is 18.1. The van der Waals surface area contributed by atoms with Crippen molar-refractivity contribution in [3.63, 3.8) is 0 Å². The molecule has 0 aliphatic carbocycles. The van der Waals surface area contributed by atoms with Gasteiger partial charge in [0, 0.05) is 29.8 Å². The van der Waals surface area contributed by atoms with E-state index < -0.39 is 0 Å². The Bertz CT molecular complexity index is 1170. The molecule has 6 heteroatoms. The van der Waals surface area contributed by atoms with Crippen LogP contribution in [0.25, 0.3) is 10.9 Å². The van der Waals surface area contributed by atoms with Crippen LogP contribution in [0.15, 0.2) is 47.3 Å². The minimum Gasteiger partial charge on any atom is -0.376 e. The van der Waals surface area contributed by atoms with Gasteiger partial charge >= 0.3 is 0 Å². The molecule has 0 bridgehead atoms. The predicted molar refractivity (Wildman–Crippen MR) is 131 cm³/mol. The molecule has 0 amide bonds. The number of ether oxygens (including phenoxy) is 1. The number of fused-ring (bicyclic) bond motifs is 1. The number of nitrogens with zero attached hydrogens (tertiary/aromatic N) is 1. The smallest absolute Gasteiger partial charge is 0.253 e. The first-order valence-corrected chi connectivity index (χ1v) is 11.2. The summed E-state index contributed by atoms with van der Waals surface area (Å²) in [5.41, 5.74) is 5.85. The normalized spacial score (nSPS) is 15.9. The number of aromatic nitrogens is 1. The van der Waals surface area contributed by atoms with E-state index in [2.05, 4.69) is 47.2 Å². The molecule has 2 aromatic carbocycles. The van der Waals surface area contributed by atoms with E-state index in [1.165, 1.54) is 0 Å². The Balaban J connectivity index is 1.63. The monoisotopic (exact) mass is 435 g/mol. The second-order valence-electron chi connectivity index (χ2n) is 8.43. The molecule has 0 radical (unpaired) electrons. The number of nitrogens with one attached hydrogen (secondary N) is 2. The van der Waals surface area contributed by atoms with Gasteiger partial charge in [-0.05, 0) is 80.7 Å². The summed E-state index contributed by atoms with van der Waals surface area (Å²) in [6.07, 6.45) is 2.20. The van der Waals surface area contributed by atoms with E-state index >= 15 is 0 Å². The van der Waals surface area contributed by atoms with Gasteiger partial charge in [0.2, 0.25) is 0 Å².